The van der Waals surface area contributed by atoms with E-state index in [-0.39, 0.29) is 31.2 Å². The second-order valence-corrected chi connectivity index (χ2v) is 6.30. The monoisotopic (exact) mass is 403 g/mol. The van der Waals surface area contributed by atoms with Crippen molar-refractivity contribution in [3.8, 4) is 11.5 Å². The molecule has 0 aromatic heterocycles. The summed E-state index contributed by atoms with van der Waals surface area (Å²) in [6.07, 6.45) is -4.67. The minimum atomic E-state index is -4.47. The molecule has 2 rings (SSSR count). The molecule has 0 heterocycles. The number of aliphatic carboxylic acids is 1. The molecule has 0 amide bonds. The molecule has 0 bridgehead atoms. The second-order valence-electron chi connectivity index (χ2n) is 6.30. The van der Waals surface area contributed by atoms with Gasteiger partial charge in [0.05, 0.1) is 18.6 Å². The van der Waals surface area contributed by atoms with Crippen molar-refractivity contribution in [1.82, 2.24) is 4.90 Å². The third kappa shape index (κ3) is 8.01. The normalized spacial score (nSPS) is 12.2. The number of methoxy groups -OCH3 is 1. The number of ether oxygens (including phenoxy) is 2. The number of nitrogens with zero attached hydrogens (tertiary/aromatic N) is 1. The first-order valence-electron chi connectivity index (χ1n) is 8.55. The number of carbonyl (C=O) groups is 1. The van der Waals surface area contributed by atoms with Crippen molar-refractivity contribution in [2.75, 3.05) is 27.2 Å². The fourth-order valence-electron chi connectivity index (χ4n) is 2.66. The Kier molecular flexibility index (Phi) is 9.57. The van der Waals surface area contributed by atoms with Crippen LogP contribution in [0.15, 0.2) is 48.5 Å². The van der Waals surface area contributed by atoms with Crippen molar-refractivity contribution in [3.63, 3.8) is 0 Å². The SMILES string of the molecule is COc1ccc([C@@H](CCN(C)CC(=O)[O-])Oc2cccc(C(F)(F)F)c2)cc1.[Li+]. The molecule has 0 saturated heterocycles. The fraction of sp³-hybridized carbons (Fsp3) is 0.350. The second kappa shape index (κ2) is 11.1. The molecule has 0 aliphatic rings. The van der Waals surface area contributed by atoms with Gasteiger partial charge < -0.3 is 24.3 Å². The summed E-state index contributed by atoms with van der Waals surface area (Å²) in [4.78, 5) is 12.3. The Morgan fingerprint density at radius 1 is 1.14 bits per heavy atom. The Bertz CT molecular complexity index is 784. The Morgan fingerprint density at radius 3 is 2.34 bits per heavy atom. The average Bonchev–Trinajstić information content (AvgIpc) is 2.64. The number of rotatable bonds is 9. The molecule has 5 nitrogen and oxygen atoms in total. The van der Waals surface area contributed by atoms with Crippen molar-refractivity contribution in [3.05, 3.63) is 59.7 Å². The van der Waals surface area contributed by atoms with Gasteiger partial charge >= 0.3 is 25.0 Å². The summed E-state index contributed by atoms with van der Waals surface area (Å²) in [6.45, 7) is 0.0997. The maximum absolute atomic E-state index is 12.9. The van der Waals surface area contributed by atoms with Crippen LogP contribution in [0.2, 0.25) is 0 Å². The van der Waals surface area contributed by atoms with Crippen LogP contribution in [0.1, 0.15) is 23.7 Å². The predicted molar refractivity (Wildman–Crippen MR) is 94.9 cm³/mol. The third-order valence-corrected chi connectivity index (χ3v) is 4.10. The number of likely N-dealkylation sites (N-methyl/N-ethyl adjacent to an activating group) is 1. The maximum atomic E-state index is 12.9. The Balaban J connectivity index is 0.00000420. The van der Waals surface area contributed by atoms with E-state index < -0.39 is 23.8 Å². The smallest absolute Gasteiger partial charge is 0.549 e. The zero-order chi connectivity index (χ0) is 20.7. The predicted octanol–water partition coefficient (Wildman–Crippen LogP) is -0.0901. The van der Waals surface area contributed by atoms with Gasteiger partial charge in [0, 0.05) is 19.5 Å². The molecular weight excluding hydrogens is 382 g/mol. The first-order valence-corrected chi connectivity index (χ1v) is 8.55. The molecule has 1 atom stereocenters. The van der Waals surface area contributed by atoms with Crippen LogP contribution in [-0.4, -0.2) is 38.1 Å². The van der Waals surface area contributed by atoms with Gasteiger partial charge in [-0.15, -0.1) is 0 Å². The number of alkyl halides is 3. The van der Waals surface area contributed by atoms with E-state index in [0.717, 1.165) is 17.7 Å². The van der Waals surface area contributed by atoms with Crippen LogP contribution in [0.25, 0.3) is 0 Å². The summed E-state index contributed by atoms with van der Waals surface area (Å²) in [6, 6.07) is 11.6. The summed E-state index contributed by atoms with van der Waals surface area (Å²) in [5, 5.41) is 10.7. The van der Waals surface area contributed by atoms with Gasteiger partial charge in [-0.3, -0.25) is 0 Å². The molecule has 9 heteroatoms. The summed E-state index contributed by atoms with van der Waals surface area (Å²) in [5.74, 6) is -0.490. The van der Waals surface area contributed by atoms with E-state index in [1.807, 2.05) is 0 Å². The molecule has 0 aliphatic heterocycles. The van der Waals surface area contributed by atoms with Gasteiger partial charge in [0.15, 0.2) is 0 Å². The summed E-state index contributed by atoms with van der Waals surface area (Å²) in [7, 11) is 3.14. The number of hydrogen-bond acceptors (Lipinski definition) is 5. The van der Waals surface area contributed by atoms with Gasteiger partial charge in [0.2, 0.25) is 0 Å². The van der Waals surface area contributed by atoms with Crippen molar-refractivity contribution in [1.29, 1.82) is 0 Å². The van der Waals surface area contributed by atoms with E-state index in [9.17, 15) is 23.1 Å². The standard InChI is InChI=1S/C20H22F3NO4.Li/c1-24(13-19(25)26)11-10-18(14-6-8-16(27-2)9-7-14)28-17-5-3-4-15(12-17)20(21,22)23;/h3-9,12,18H,10-11,13H2,1-2H3,(H,25,26);/q;+1/p-1/t18-;/m1./s1. The number of carboxylic acids is 1. The molecule has 0 radical (unpaired) electrons. The van der Waals surface area contributed by atoms with Crippen LogP contribution < -0.4 is 33.4 Å². The third-order valence-electron chi connectivity index (χ3n) is 4.10. The average molecular weight is 403 g/mol. The number of hydrogen-bond donors (Lipinski definition) is 0. The molecule has 0 N–H and O–H groups in total. The summed E-state index contributed by atoms with van der Waals surface area (Å²) >= 11 is 0. The van der Waals surface area contributed by atoms with Crippen LogP contribution in [0.5, 0.6) is 11.5 Å². The Hall–Kier alpha value is -2.14. The van der Waals surface area contributed by atoms with Crippen LogP contribution in [-0.2, 0) is 11.0 Å². The maximum Gasteiger partial charge on any atom is 1.00 e. The van der Waals surface area contributed by atoms with Gasteiger partial charge in [-0.25, -0.2) is 0 Å². The molecule has 0 aliphatic carbocycles. The van der Waals surface area contributed by atoms with Crippen molar-refractivity contribution in [2.45, 2.75) is 18.7 Å². The molecule has 29 heavy (non-hydrogen) atoms. The first kappa shape index (κ1) is 24.9. The van der Waals surface area contributed by atoms with Crippen LogP contribution in [0.3, 0.4) is 0 Å². The zero-order valence-corrected chi connectivity index (χ0v) is 16.5. The quantitative estimate of drug-likeness (QED) is 0.548. The molecule has 2 aromatic carbocycles. The molecular formula is C20H21F3LiNO4. The van der Waals surface area contributed by atoms with Gasteiger partial charge in [0.25, 0.3) is 0 Å². The topological polar surface area (TPSA) is 61.8 Å². The number of carboxylic acid groups (broad SMARTS) is 1. The number of carbonyl (C=O) groups excluding carboxylic acids is 1. The van der Waals surface area contributed by atoms with E-state index in [4.69, 9.17) is 9.47 Å². The molecule has 0 fully saturated rings. The van der Waals surface area contributed by atoms with E-state index in [1.54, 1.807) is 36.2 Å². The Labute approximate surface area is 179 Å². The van der Waals surface area contributed by atoms with Gasteiger partial charge in [-0.05, 0) is 42.9 Å². The largest absolute Gasteiger partial charge is 1.00 e. The number of halogens is 3. The molecule has 0 spiro atoms. The molecule has 152 valence electrons. The molecule has 0 saturated carbocycles. The summed E-state index contributed by atoms with van der Waals surface area (Å²) < 4.78 is 49.8. The van der Waals surface area contributed by atoms with Crippen molar-refractivity contribution in [2.24, 2.45) is 0 Å². The van der Waals surface area contributed by atoms with Crippen molar-refractivity contribution < 1.29 is 51.4 Å². The minimum Gasteiger partial charge on any atom is -0.549 e. The van der Waals surface area contributed by atoms with Gasteiger partial charge in [-0.2, -0.15) is 13.2 Å². The molecule has 2 aromatic rings. The van der Waals surface area contributed by atoms with Crippen LogP contribution >= 0.6 is 0 Å². The van der Waals surface area contributed by atoms with E-state index in [1.165, 1.54) is 19.2 Å². The van der Waals surface area contributed by atoms with E-state index in [2.05, 4.69) is 0 Å². The zero-order valence-electron chi connectivity index (χ0n) is 16.5. The number of benzene rings is 2. The van der Waals surface area contributed by atoms with Gasteiger partial charge in [0.1, 0.15) is 17.6 Å². The summed E-state index contributed by atoms with van der Waals surface area (Å²) in [5.41, 5.74) is -0.0624. The minimum absolute atomic E-state index is 0. The van der Waals surface area contributed by atoms with Crippen LogP contribution in [0, 0.1) is 0 Å². The van der Waals surface area contributed by atoms with Crippen LogP contribution in [0.4, 0.5) is 13.2 Å². The molecule has 0 unspecified atom stereocenters. The van der Waals surface area contributed by atoms with E-state index >= 15 is 0 Å². The fourth-order valence-corrected chi connectivity index (χ4v) is 2.66. The van der Waals surface area contributed by atoms with Crippen molar-refractivity contribution >= 4 is 5.97 Å². The Morgan fingerprint density at radius 2 is 1.79 bits per heavy atom. The van der Waals surface area contributed by atoms with E-state index in [0.29, 0.717) is 18.7 Å². The van der Waals surface area contributed by atoms with Gasteiger partial charge in [-0.1, -0.05) is 18.2 Å². The first-order chi connectivity index (χ1) is 13.2.